The predicted octanol–water partition coefficient (Wildman–Crippen LogP) is 0.818. The van der Waals surface area contributed by atoms with Gasteiger partial charge in [0.05, 0.1) is 5.69 Å². The summed E-state index contributed by atoms with van der Waals surface area (Å²) in [5.74, 6) is 0.456. The van der Waals surface area contributed by atoms with Crippen LogP contribution in [0.5, 0.6) is 0 Å². The van der Waals surface area contributed by atoms with Crippen LogP contribution in [0.1, 0.15) is 16.9 Å². The van der Waals surface area contributed by atoms with E-state index in [1.54, 1.807) is 24.0 Å². The zero-order chi connectivity index (χ0) is 11.5. The van der Waals surface area contributed by atoms with Crippen LogP contribution in [-0.4, -0.2) is 34.8 Å². The summed E-state index contributed by atoms with van der Waals surface area (Å²) in [6, 6.07) is 1.24. The Bertz CT molecular complexity index is 416. The monoisotopic (exact) mass is 239 g/mol. The fourth-order valence-corrected chi connectivity index (χ4v) is 2.09. The van der Waals surface area contributed by atoms with E-state index in [9.17, 15) is 9.59 Å². The number of hydrogen-bond donors (Lipinski definition) is 3. The summed E-state index contributed by atoms with van der Waals surface area (Å²) in [6.45, 7) is 0. The van der Waals surface area contributed by atoms with Gasteiger partial charge >= 0.3 is 0 Å². The normalized spacial score (nSPS) is 19.7. The summed E-state index contributed by atoms with van der Waals surface area (Å²) in [5, 5.41) is 5.44. The van der Waals surface area contributed by atoms with E-state index in [1.165, 1.54) is 0 Å². The largest absolute Gasteiger partial charge is 0.355 e. The van der Waals surface area contributed by atoms with Crippen LogP contribution in [0, 0.1) is 0 Å². The maximum atomic E-state index is 11.8. The number of H-pyrrole nitrogens is 1. The third kappa shape index (κ3) is 2.06. The molecule has 16 heavy (non-hydrogen) atoms. The summed E-state index contributed by atoms with van der Waals surface area (Å²) in [6.07, 6.45) is 4.24. The van der Waals surface area contributed by atoms with Gasteiger partial charge in [-0.05, 0) is 24.5 Å². The molecule has 0 saturated heterocycles. The van der Waals surface area contributed by atoms with Crippen molar-refractivity contribution < 1.29 is 9.59 Å². The summed E-state index contributed by atoms with van der Waals surface area (Å²) in [7, 11) is 0. The topological polar surface area (TPSA) is 74.0 Å². The lowest BCUT2D eigenvalue weighted by Gasteiger charge is -2.13. The second-order valence-corrected chi connectivity index (χ2v) is 4.55. The highest BCUT2D eigenvalue weighted by Crippen LogP contribution is 2.17. The number of hydrogen-bond acceptors (Lipinski definition) is 3. The molecule has 1 aromatic rings. The van der Waals surface area contributed by atoms with Crippen LogP contribution in [0.15, 0.2) is 12.3 Å². The molecular formula is C10H13N3O2S. The van der Waals surface area contributed by atoms with Crippen molar-refractivity contribution in [2.75, 3.05) is 17.3 Å². The first kappa shape index (κ1) is 11.1. The van der Waals surface area contributed by atoms with Gasteiger partial charge in [-0.3, -0.25) is 9.59 Å². The van der Waals surface area contributed by atoms with Gasteiger partial charge in [0.15, 0.2) is 0 Å². The van der Waals surface area contributed by atoms with Gasteiger partial charge in [0.2, 0.25) is 5.91 Å². The fraction of sp³-hybridized carbons (Fsp3) is 0.400. The molecule has 1 atom stereocenters. The zero-order valence-electron chi connectivity index (χ0n) is 8.87. The summed E-state index contributed by atoms with van der Waals surface area (Å²) in [5.41, 5.74) is 0.967. The van der Waals surface area contributed by atoms with Crippen LogP contribution in [0.3, 0.4) is 0 Å². The number of aromatic nitrogens is 1. The van der Waals surface area contributed by atoms with Crippen molar-refractivity contribution in [3.8, 4) is 0 Å². The van der Waals surface area contributed by atoms with Crippen LogP contribution >= 0.6 is 11.8 Å². The van der Waals surface area contributed by atoms with Gasteiger partial charge in [-0.1, -0.05) is 0 Å². The minimum atomic E-state index is -0.444. The fourth-order valence-electron chi connectivity index (χ4n) is 1.62. The molecule has 1 aliphatic rings. The molecule has 0 bridgehead atoms. The Labute approximate surface area is 97.4 Å². The van der Waals surface area contributed by atoms with Crippen LogP contribution in [0.4, 0.5) is 5.69 Å². The molecule has 0 radical (unpaired) electrons. The molecule has 2 amide bonds. The number of amides is 2. The van der Waals surface area contributed by atoms with Gasteiger partial charge < -0.3 is 15.6 Å². The number of anilines is 1. The van der Waals surface area contributed by atoms with Gasteiger partial charge in [0, 0.05) is 6.20 Å². The average molecular weight is 239 g/mol. The van der Waals surface area contributed by atoms with E-state index in [0.717, 1.165) is 5.75 Å². The van der Waals surface area contributed by atoms with E-state index in [-0.39, 0.29) is 11.8 Å². The Balaban J connectivity index is 2.16. The zero-order valence-corrected chi connectivity index (χ0v) is 9.69. The molecule has 2 rings (SSSR count). The third-order valence-corrected chi connectivity index (χ3v) is 3.11. The smallest absolute Gasteiger partial charge is 0.270 e. The standard InChI is InChI=1S/C10H13N3O2S/c1-16-5-3-7-9(14)12-6-2-4-11-8(6)10(15)13-7/h2,4,7,11H,3,5H2,1H3,(H,12,14)(H,13,15). The number of carbonyl (C=O) groups is 2. The van der Waals surface area contributed by atoms with Gasteiger partial charge in [0.1, 0.15) is 11.7 Å². The van der Waals surface area contributed by atoms with E-state index >= 15 is 0 Å². The average Bonchev–Trinajstić information content (AvgIpc) is 2.67. The van der Waals surface area contributed by atoms with Crippen molar-refractivity contribution in [1.82, 2.24) is 10.3 Å². The van der Waals surface area contributed by atoms with E-state index in [0.29, 0.717) is 17.8 Å². The van der Waals surface area contributed by atoms with Crippen LogP contribution in [0.25, 0.3) is 0 Å². The highest BCUT2D eigenvalue weighted by Gasteiger charge is 2.27. The van der Waals surface area contributed by atoms with Crippen LogP contribution in [0.2, 0.25) is 0 Å². The van der Waals surface area contributed by atoms with Gasteiger partial charge in [-0.25, -0.2) is 0 Å². The molecule has 86 valence electrons. The Morgan fingerprint density at radius 1 is 1.44 bits per heavy atom. The summed E-state index contributed by atoms with van der Waals surface area (Å²) >= 11 is 1.65. The molecule has 0 saturated carbocycles. The first-order valence-electron chi connectivity index (χ1n) is 5.00. The predicted molar refractivity (Wildman–Crippen MR) is 63.7 cm³/mol. The van der Waals surface area contributed by atoms with Crippen molar-refractivity contribution >= 4 is 29.3 Å². The number of carbonyl (C=O) groups excluding carboxylic acids is 2. The molecule has 1 aliphatic heterocycles. The molecule has 6 heteroatoms. The molecule has 2 heterocycles. The highest BCUT2D eigenvalue weighted by molar-refractivity contribution is 7.98. The minimum Gasteiger partial charge on any atom is -0.355 e. The van der Waals surface area contributed by atoms with E-state index in [4.69, 9.17) is 0 Å². The molecular weight excluding hydrogens is 226 g/mol. The van der Waals surface area contributed by atoms with Gasteiger partial charge in [0.25, 0.3) is 5.91 Å². The lowest BCUT2D eigenvalue weighted by Crippen LogP contribution is -2.41. The Morgan fingerprint density at radius 3 is 3.00 bits per heavy atom. The molecule has 1 unspecified atom stereocenters. The molecule has 0 aliphatic carbocycles. The quantitative estimate of drug-likeness (QED) is 0.731. The first-order valence-corrected chi connectivity index (χ1v) is 6.40. The Hall–Kier alpha value is -1.43. The molecule has 3 N–H and O–H groups in total. The Morgan fingerprint density at radius 2 is 2.25 bits per heavy atom. The van der Waals surface area contributed by atoms with E-state index in [1.807, 2.05) is 6.26 Å². The lowest BCUT2D eigenvalue weighted by molar-refractivity contribution is -0.117. The summed E-state index contributed by atoms with van der Waals surface area (Å²) < 4.78 is 0. The maximum absolute atomic E-state index is 11.8. The van der Waals surface area contributed by atoms with Crippen molar-refractivity contribution in [2.24, 2.45) is 0 Å². The highest BCUT2D eigenvalue weighted by atomic mass is 32.2. The maximum Gasteiger partial charge on any atom is 0.270 e. The number of nitrogens with one attached hydrogen (secondary N) is 3. The third-order valence-electron chi connectivity index (χ3n) is 2.46. The molecule has 0 fully saturated rings. The minimum absolute atomic E-state index is 0.152. The Kier molecular flexibility index (Phi) is 3.19. The number of rotatable bonds is 3. The van der Waals surface area contributed by atoms with Crippen LogP contribution < -0.4 is 10.6 Å². The number of aromatic amines is 1. The van der Waals surface area contributed by atoms with Gasteiger partial charge in [-0.2, -0.15) is 11.8 Å². The van der Waals surface area contributed by atoms with Crippen molar-refractivity contribution in [2.45, 2.75) is 12.5 Å². The molecule has 1 aromatic heterocycles. The molecule has 0 aromatic carbocycles. The molecule has 0 spiro atoms. The van der Waals surface area contributed by atoms with Crippen LogP contribution in [-0.2, 0) is 4.79 Å². The second-order valence-electron chi connectivity index (χ2n) is 3.56. The second kappa shape index (κ2) is 4.61. The lowest BCUT2D eigenvalue weighted by atomic mass is 10.2. The van der Waals surface area contributed by atoms with Crippen molar-refractivity contribution in [3.05, 3.63) is 18.0 Å². The van der Waals surface area contributed by atoms with E-state index < -0.39 is 6.04 Å². The van der Waals surface area contributed by atoms with Crippen molar-refractivity contribution in [1.29, 1.82) is 0 Å². The number of thioether (sulfide) groups is 1. The van der Waals surface area contributed by atoms with Gasteiger partial charge in [-0.15, -0.1) is 0 Å². The number of fused-ring (bicyclic) bond motifs is 1. The summed E-state index contributed by atoms with van der Waals surface area (Å²) in [4.78, 5) is 26.3. The van der Waals surface area contributed by atoms with E-state index in [2.05, 4.69) is 15.6 Å². The molecule has 5 nitrogen and oxygen atoms in total. The van der Waals surface area contributed by atoms with Crippen molar-refractivity contribution in [3.63, 3.8) is 0 Å². The SMILES string of the molecule is CSCCC1NC(=O)c2[nH]ccc2NC1=O. The first-order chi connectivity index (χ1) is 7.72.